The number of nitrogens with zero attached hydrogens (tertiary/aromatic N) is 2. The maximum absolute atomic E-state index is 5.64. The molecule has 4 nitrogen and oxygen atoms in total. The Labute approximate surface area is 84.3 Å². The average Bonchev–Trinajstić information content (AvgIpc) is 2.67. The third-order valence-electron chi connectivity index (χ3n) is 2.57. The van der Waals surface area contributed by atoms with E-state index in [0.717, 1.165) is 32.7 Å². The highest BCUT2D eigenvalue weighted by Gasteiger charge is 2.14. The molecule has 1 aromatic heterocycles. The zero-order valence-electron chi connectivity index (χ0n) is 8.57. The number of aromatic nitrogens is 2. The summed E-state index contributed by atoms with van der Waals surface area (Å²) in [7, 11) is 0. The van der Waals surface area contributed by atoms with Gasteiger partial charge in [0.1, 0.15) is 0 Å². The molecule has 2 heterocycles. The Morgan fingerprint density at radius 2 is 2.64 bits per heavy atom. The SMILES string of the molecule is CCc1cncn1CC1CNCCO1. The standard InChI is InChI=1S/C10H17N3O/c1-2-9-5-12-8-13(9)7-10-6-11-3-4-14-10/h5,8,10-11H,2-4,6-7H2,1H3. The molecule has 1 fully saturated rings. The molecule has 1 saturated heterocycles. The van der Waals surface area contributed by atoms with E-state index in [1.807, 2.05) is 12.5 Å². The van der Waals surface area contributed by atoms with Gasteiger partial charge in [-0.3, -0.25) is 0 Å². The monoisotopic (exact) mass is 195 g/mol. The average molecular weight is 195 g/mol. The van der Waals surface area contributed by atoms with Gasteiger partial charge in [-0.2, -0.15) is 0 Å². The second kappa shape index (κ2) is 4.57. The van der Waals surface area contributed by atoms with E-state index in [1.165, 1.54) is 5.69 Å². The molecule has 1 unspecified atom stereocenters. The molecule has 0 radical (unpaired) electrons. The predicted octanol–water partition coefficient (Wildman–Crippen LogP) is 0.434. The Kier molecular flexibility index (Phi) is 3.16. The molecule has 0 spiro atoms. The molecule has 0 bridgehead atoms. The van der Waals surface area contributed by atoms with Gasteiger partial charge < -0.3 is 14.6 Å². The normalized spacial score (nSPS) is 22.5. The zero-order chi connectivity index (χ0) is 9.80. The minimum atomic E-state index is 0.295. The summed E-state index contributed by atoms with van der Waals surface area (Å²) in [5.41, 5.74) is 1.28. The molecule has 1 atom stereocenters. The maximum atomic E-state index is 5.64. The van der Waals surface area contributed by atoms with Crippen molar-refractivity contribution in [3.63, 3.8) is 0 Å². The first kappa shape index (κ1) is 9.68. The minimum absolute atomic E-state index is 0.295. The fourth-order valence-corrected chi connectivity index (χ4v) is 1.76. The van der Waals surface area contributed by atoms with E-state index in [2.05, 4.69) is 21.8 Å². The molecule has 0 amide bonds. The third kappa shape index (κ3) is 2.13. The lowest BCUT2D eigenvalue weighted by molar-refractivity contribution is 0.0178. The van der Waals surface area contributed by atoms with Gasteiger partial charge in [0.05, 0.1) is 25.6 Å². The van der Waals surface area contributed by atoms with Gasteiger partial charge >= 0.3 is 0 Å². The molecule has 1 N–H and O–H groups in total. The summed E-state index contributed by atoms with van der Waals surface area (Å²) >= 11 is 0. The van der Waals surface area contributed by atoms with Crippen LogP contribution in [0.1, 0.15) is 12.6 Å². The summed E-state index contributed by atoms with van der Waals surface area (Å²) in [5, 5.41) is 3.33. The topological polar surface area (TPSA) is 39.1 Å². The summed E-state index contributed by atoms with van der Waals surface area (Å²) in [5.74, 6) is 0. The van der Waals surface area contributed by atoms with E-state index in [4.69, 9.17) is 4.74 Å². The molecule has 78 valence electrons. The number of imidazole rings is 1. The van der Waals surface area contributed by atoms with Crippen molar-refractivity contribution in [2.75, 3.05) is 19.7 Å². The fraction of sp³-hybridized carbons (Fsp3) is 0.700. The van der Waals surface area contributed by atoms with Crippen molar-refractivity contribution in [1.82, 2.24) is 14.9 Å². The van der Waals surface area contributed by atoms with Gasteiger partial charge in [-0.15, -0.1) is 0 Å². The molecule has 1 aliphatic heterocycles. The largest absolute Gasteiger partial charge is 0.374 e. The molecule has 0 aliphatic carbocycles. The lowest BCUT2D eigenvalue weighted by Crippen LogP contribution is -2.40. The van der Waals surface area contributed by atoms with E-state index in [1.54, 1.807) is 0 Å². The number of aryl methyl sites for hydroxylation is 1. The Morgan fingerprint density at radius 3 is 3.36 bits per heavy atom. The zero-order valence-corrected chi connectivity index (χ0v) is 8.57. The molecule has 4 heteroatoms. The van der Waals surface area contributed by atoms with Crippen LogP contribution < -0.4 is 5.32 Å². The van der Waals surface area contributed by atoms with Gasteiger partial charge in [0.15, 0.2) is 0 Å². The lowest BCUT2D eigenvalue weighted by Gasteiger charge is -2.24. The van der Waals surface area contributed by atoms with Crippen molar-refractivity contribution in [2.24, 2.45) is 0 Å². The van der Waals surface area contributed by atoms with Crippen LogP contribution in [0.5, 0.6) is 0 Å². The van der Waals surface area contributed by atoms with Crippen LogP contribution in [-0.2, 0) is 17.7 Å². The van der Waals surface area contributed by atoms with Crippen LogP contribution >= 0.6 is 0 Å². The van der Waals surface area contributed by atoms with Gasteiger partial charge in [-0.05, 0) is 6.42 Å². The highest BCUT2D eigenvalue weighted by molar-refractivity contribution is 4.98. The van der Waals surface area contributed by atoms with Crippen molar-refractivity contribution in [3.05, 3.63) is 18.2 Å². The molecule has 14 heavy (non-hydrogen) atoms. The smallest absolute Gasteiger partial charge is 0.0949 e. The molecular weight excluding hydrogens is 178 g/mol. The Balaban J connectivity index is 1.95. The number of rotatable bonds is 3. The molecule has 0 aromatic carbocycles. The Morgan fingerprint density at radius 1 is 1.71 bits per heavy atom. The van der Waals surface area contributed by atoms with Gasteiger partial charge in [0.2, 0.25) is 0 Å². The molecule has 0 saturated carbocycles. The van der Waals surface area contributed by atoms with Crippen molar-refractivity contribution in [3.8, 4) is 0 Å². The van der Waals surface area contributed by atoms with Crippen molar-refractivity contribution >= 4 is 0 Å². The van der Waals surface area contributed by atoms with Gasteiger partial charge in [-0.1, -0.05) is 6.92 Å². The number of hydrogen-bond acceptors (Lipinski definition) is 3. The number of nitrogens with one attached hydrogen (secondary N) is 1. The van der Waals surface area contributed by atoms with Crippen molar-refractivity contribution in [2.45, 2.75) is 26.0 Å². The van der Waals surface area contributed by atoms with Gasteiger partial charge in [0, 0.05) is 25.0 Å². The van der Waals surface area contributed by atoms with Gasteiger partial charge in [0.25, 0.3) is 0 Å². The molecule has 1 aliphatic rings. The summed E-state index contributed by atoms with van der Waals surface area (Å²) in [6, 6.07) is 0. The highest BCUT2D eigenvalue weighted by atomic mass is 16.5. The first-order valence-corrected chi connectivity index (χ1v) is 5.21. The minimum Gasteiger partial charge on any atom is -0.374 e. The van der Waals surface area contributed by atoms with Crippen LogP contribution in [0.3, 0.4) is 0 Å². The van der Waals surface area contributed by atoms with E-state index in [0.29, 0.717) is 6.10 Å². The summed E-state index contributed by atoms with van der Waals surface area (Å²) in [6.45, 7) is 5.80. The second-order valence-electron chi connectivity index (χ2n) is 3.59. The second-order valence-corrected chi connectivity index (χ2v) is 3.59. The fourth-order valence-electron chi connectivity index (χ4n) is 1.76. The summed E-state index contributed by atoms with van der Waals surface area (Å²) < 4.78 is 7.82. The summed E-state index contributed by atoms with van der Waals surface area (Å²) in [4.78, 5) is 4.15. The van der Waals surface area contributed by atoms with Crippen LogP contribution in [-0.4, -0.2) is 35.4 Å². The number of ether oxygens (including phenoxy) is 1. The Bertz CT molecular complexity index is 279. The quantitative estimate of drug-likeness (QED) is 0.760. The van der Waals surface area contributed by atoms with Crippen molar-refractivity contribution < 1.29 is 4.74 Å². The predicted molar refractivity (Wildman–Crippen MR) is 54.2 cm³/mol. The Hall–Kier alpha value is -0.870. The van der Waals surface area contributed by atoms with Crippen LogP contribution in [0, 0.1) is 0 Å². The van der Waals surface area contributed by atoms with Crippen molar-refractivity contribution in [1.29, 1.82) is 0 Å². The number of morpholine rings is 1. The maximum Gasteiger partial charge on any atom is 0.0949 e. The molecule has 1 aromatic rings. The van der Waals surface area contributed by atoms with Crippen LogP contribution in [0.2, 0.25) is 0 Å². The van der Waals surface area contributed by atoms with E-state index in [9.17, 15) is 0 Å². The third-order valence-corrected chi connectivity index (χ3v) is 2.57. The van der Waals surface area contributed by atoms with Gasteiger partial charge in [-0.25, -0.2) is 4.98 Å². The first-order valence-electron chi connectivity index (χ1n) is 5.21. The van der Waals surface area contributed by atoms with Crippen LogP contribution in [0.15, 0.2) is 12.5 Å². The number of hydrogen-bond donors (Lipinski definition) is 1. The van der Waals surface area contributed by atoms with Crippen LogP contribution in [0.25, 0.3) is 0 Å². The van der Waals surface area contributed by atoms with E-state index in [-0.39, 0.29) is 0 Å². The summed E-state index contributed by atoms with van der Waals surface area (Å²) in [6.07, 6.45) is 5.14. The van der Waals surface area contributed by atoms with E-state index < -0.39 is 0 Å². The van der Waals surface area contributed by atoms with Crippen LogP contribution in [0.4, 0.5) is 0 Å². The first-order chi connectivity index (χ1) is 6.90. The molecule has 2 rings (SSSR count). The molecular formula is C10H17N3O. The highest BCUT2D eigenvalue weighted by Crippen LogP contribution is 2.05. The van der Waals surface area contributed by atoms with E-state index >= 15 is 0 Å². The lowest BCUT2D eigenvalue weighted by atomic mass is 10.3.